The van der Waals surface area contributed by atoms with E-state index < -0.39 is 6.04 Å². The van der Waals surface area contributed by atoms with Crippen LogP contribution in [0, 0.1) is 0 Å². The third-order valence-electron chi connectivity index (χ3n) is 6.36. The molecule has 1 N–H and O–H groups in total. The van der Waals surface area contributed by atoms with Crippen molar-refractivity contribution in [3.8, 4) is 5.69 Å². The van der Waals surface area contributed by atoms with Gasteiger partial charge in [0.25, 0.3) is 5.56 Å². The third kappa shape index (κ3) is 5.84. The number of nitrogens with zero attached hydrogens (tertiary/aromatic N) is 3. The zero-order chi connectivity index (χ0) is 26.4. The molecule has 3 aromatic carbocycles. The highest BCUT2D eigenvalue weighted by Crippen LogP contribution is 2.27. The maximum absolute atomic E-state index is 13.8. The predicted molar refractivity (Wildman–Crippen MR) is 149 cm³/mol. The van der Waals surface area contributed by atoms with Gasteiger partial charge in [-0.1, -0.05) is 49.7 Å². The number of aromatic nitrogens is 2. The second kappa shape index (κ2) is 12.0. The van der Waals surface area contributed by atoms with Crippen LogP contribution in [0.3, 0.4) is 0 Å². The van der Waals surface area contributed by atoms with Gasteiger partial charge in [0.2, 0.25) is 0 Å². The molecule has 1 unspecified atom stereocenters. The lowest BCUT2D eigenvalue weighted by molar-refractivity contribution is 0.131. The molecular formula is C29H31ClN4O3. The average Bonchev–Trinajstić information content (AvgIpc) is 2.92. The Morgan fingerprint density at radius 1 is 1.05 bits per heavy atom. The van der Waals surface area contributed by atoms with Gasteiger partial charge < -0.3 is 15.0 Å². The van der Waals surface area contributed by atoms with Crippen molar-refractivity contribution in [1.29, 1.82) is 0 Å². The molecule has 0 saturated heterocycles. The zero-order valence-corrected chi connectivity index (χ0v) is 22.0. The molecule has 1 aromatic heterocycles. The molecule has 0 aliphatic heterocycles. The van der Waals surface area contributed by atoms with E-state index in [1.54, 1.807) is 46.9 Å². The lowest BCUT2D eigenvalue weighted by Crippen LogP contribution is -2.42. The van der Waals surface area contributed by atoms with Crippen molar-refractivity contribution >= 4 is 34.2 Å². The van der Waals surface area contributed by atoms with Crippen LogP contribution in [-0.2, 0) is 11.2 Å². The quantitative estimate of drug-likeness (QED) is 0.285. The molecule has 0 aliphatic rings. The van der Waals surface area contributed by atoms with Gasteiger partial charge in [0.15, 0.2) is 0 Å². The van der Waals surface area contributed by atoms with Crippen LogP contribution in [0.25, 0.3) is 16.6 Å². The van der Waals surface area contributed by atoms with E-state index in [-0.39, 0.29) is 11.6 Å². The topological polar surface area (TPSA) is 76.5 Å². The van der Waals surface area contributed by atoms with Gasteiger partial charge in [-0.15, -0.1) is 0 Å². The number of fused-ring (bicyclic) bond motifs is 1. The normalized spacial score (nSPS) is 11.9. The number of amides is 2. The first-order valence-corrected chi connectivity index (χ1v) is 12.8. The Balaban J connectivity index is 1.85. The summed E-state index contributed by atoms with van der Waals surface area (Å²) in [6.07, 6.45) is 1.43. The number of anilines is 1. The van der Waals surface area contributed by atoms with E-state index in [0.717, 1.165) is 6.42 Å². The number of benzene rings is 3. The molecule has 2 amide bonds. The highest BCUT2D eigenvalue weighted by atomic mass is 35.5. The summed E-state index contributed by atoms with van der Waals surface area (Å²) in [5.74, 6) is 0.498. The molecule has 192 valence electrons. The standard InChI is InChI=1S/C29H31ClN4O3/c1-4-20-10-16-23(17-11-20)34-27(32-25-9-7-6-8-24(25)28(34)35)26(5-2)33(18-19-37-3)29(36)31-22-14-12-21(30)13-15-22/h6-17,26H,4-5,18-19H2,1-3H3,(H,31,36). The molecule has 7 nitrogen and oxygen atoms in total. The number of urea groups is 1. The third-order valence-corrected chi connectivity index (χ3v) is 6.61. The fourth-order valence-corrected chi connectivity index (χ4v) is 4.49. The number of hydrogen-bond acceptors (Lipinski definition) is 4. The number of aryl methyl sites for hydroxylation is 1. The van der Waals surface area contributed by atoms with E-state index in [0.29, 0.717) is 52.7 Å². The predicted octanol–water partition coefficient (Wildman–Crippen LogP) is 6.23. The summed E-state index contributed by atoms with van der Waals surface area (Å²) in [4.78, 5) is 34.0. The molecule has 4 rings (SSSR count). The van der Waals surface area contributed by atoms with Crippen LogP contribution < -0.4 is 10.9 Å². The molecule has 1 atom stereocenters. The lowest BCUT2D eigenvalue weighted by atomic mass is 10.1. The van der Waals surface area contributed by atoms with Crippen molar-refractivity contribution in [3.05, 3.63) is 99.6 Å². The van der Waals surface area contributed by atoms with E-state index in [2.05, 4.69) is 12.2 Å². The van der Waals surface area contributed by atoms with Crippen molar-refractivity contribution < 1.29 is 9.53 Å². The van der Waals surface area contributed by atoms with Gasteiger partial charge in [-0.3, -0.25) is 9.36 Å². The van der Waals surface area contributed by atoms with Crippen molar-refractivity contribution in [2.75, 3.05) is 25.6 Å². The van der Waals surface area contributed by atoms with Gasteiger partial charge in [-0.25, -0.2) is 9.78 Å². The van der Waals surface area contributed by atoms with Crippen LogP contribution in [0.2, 0.25) is 5.02 Å². The van der Waals surface area contributed by atoms with Gasteiger partial charge in [0.05, 0.1) is 29.2 Å². The Morgan fingerprint density at radius 2 is 1.76 bits per heavy atom. The van der Waals surface area contributed by atoms with Crippen molar-refractivity contribution in [3.63, 3.8) is 0 Å². The van der Waals surface area contributed by atoms with Crippen LogP contribution in [-0.4, -0.2) is 40.7 Å². The minimum absolute atomic E-state index is 0.173. The molecule has 0 fully saturated rings. The first-order valence-electron chi connectivity index (χ1n) is 12.4. The summed E-state index contributed by atoms with van der Waals surface area (Å²) in [5, 5.41) is 4.05. The molecule has 1 heterocycles. The number of carbonyl (C=O) groups excluding carboxylic acids is 1. The van der Waals surface area contributed by atoms with Crippen LogP contribution in [0.1, 0.15) is 37.7 Å². The van der Waals surface area contributed by atoms with Gasteiger partial charge >= 0.3 is 6.03 Å². The molecule has 4 aromatic rings. The van der Waals surface area contributed by atoms with E-state index in [1.807, 2.05) is 49.4 Å². The highest BCUT2D eigenvalue weighted by Gasteiger charge is 2.29. The van der Waals surface area contributed by atoms with E-state index in [9.17, 15) is 9.59 Å². The maximum Gasteiger partial charge on any atom is 0.322 e. The van der Waals surface area contributed by atoms with Crippen LogP contribution >= 0.6 is 11.6 Å². The molecule has 0 aliphatic carbocycles. The minimum Gasteiger partial charge on any atom is -0.383 e. The van der Waals surface area contributed by atoms with Crippen molar-refractivity contribution in [1.82, 2.24) is 14.5 Å². The van der Waals surface area contributed by atoms with Crippen LogP contribution in [0.15, 0.2) is 77.6 Å². The number of methoxy groups -OCH3 is 1. The van der Waals surface area contributed by atoms with Gasteiger partial charge in [-0.2, -0.15) is 0 Å². The number of ether oxygens (including phenoxy) is 1. The summed E-state index contributed by atoms with van der Waals surface area (Å²) in [5.41, 5.74) is 2.91. The molecule has 0 saturated carbocycles. The minimum atomic E-state index is -0.495. The Labute approximate surface area is 221 Å². The lowest BCUT2D eigenvalue weighted by Gasteiger charge is -2.32. The Hall–Kier alpha value is -3.68. The summed E-state index contributed by atoms with van der Waals surface area (Å²) in [6, 6.07) is 21.3. The summed E-state index contributed by atoms with van der Waals surface area (Å²) < 4.78 is 6.96. The number of para-hydroxylation sites is 1. The van der Waals surface area contributed by atoms with Crippen molar-refractivity contribution in [2.45, 2.75) is 32.7 Å². The first-order chi connectivity index (χ1) is 18.0. The Morgan fingerprint density at radius 3 is 2.41 bits per heavy atom. The number of rotatable bonds is 9. The molecule has 8 heteroatoms. The van der Waals surface area contributed by atoms with Crippen molar-refractivity contribution in [2.24, 2.45) is 0 Å². The van der Waals surface area contributed by atoms with E-state index in [1.165, 1.54) is 5.56 Å². The fourth-order valence-electron chi connectivity index (χ4n) is 4.36. The van der Waals surface area contributed by atoms with E-state index in [4.69, 9.17) is 21.3 Å². The van der Waals surface area contributed by atoms with Gasteiger partial charge in [0, 0.05) is 24.4 Å². The zero-order valence-electron chi connectivity index (χ0n) is 21.3. The largest absolute Gasteiger partial charge is 0.383 e. The molecule has 0 radical (unpaired) electrons. The number of hydrogen-bond donors (Lipinski definition) is 1. The molecule has 0 bridgehead atoms. The van der Waals surface area contributed by atoms with Crippen LogP contribution in [0.4, 0.5) is 10.5 Å². The highest BCUT2D eigenvalue weighted by molar-refractivity contribution is 6.30. The average molecular weight is 519 g/mol. The van der Waals surface area contributed by atoms with Gasteiger partial charge in [-0.05, 0) is 66.9 Å². The molecule has 0 spiro atoms. The number of halogens is 1. The smallest absolute Gasteiger partial charge is 0.322 e. The van der Waals surface area contributed by atoms with Crippen LogP contribution in [0.5, 0.6) is 0 Å². The Bertz CT molecular complexity index is 1420. The molecular weight excluding hydrogens is 488 g/mol. The number of carbonyl (C=O) groups is 1. The van der Waals surface area contributed by atoms with E-state index >= 15 is 0 Å². The number of nitrogens with one attached hydrogen (secondary N) is 1. The second-order valence-electron chi connectivity index (χ2n) is 8.69. The second-order valence-corrected chi connectivity index (χ2v) is 9.13. The molecule has 37 heavy (non-hydrogen) atoms. The maximum atomic E-state index is 13.8. The summed E-state index contributed by atoms with van der Waals surface area (Å²) in [7, 11) is 1.59. The fraction of sp³-hybridized carbons (Fsp3) is 0.276. The summed E-state index contributed by atoms with van der Waals surface area (Å²) >= 11 is 6.01. The SMILES string of the molecule is CCc1ccc(-n2c(C(CC)N(CCOC)C(=O)Nc3ccc(Cl)cc3)nc3ccccc3c2=O)cc1. The summed E-state index contributed by atoms with van der Waals surface area (Å²) in [6.45, 7) is 4.70. The monoisotopic (exact) mass is 518 g/mol. The van der Waals surface area contributed by atoms with Gasteiger partial charge in [0.1, 0.15) is 5.82 Å². The Kier molecular flexibility index (Phi) is 8.58. The first kappa shape index (κ1) is 26.4.